The van der Waals surface area contributed by atoms with Crippen molar-refractivity contribution in [1.82, 2.24) is 19.5 Å². The predicted octanol–water partition coefficient (Wildman–Crippen LogP) is -1.85. The Hall–Kier alpha value is -2.04. The van der Waals surface area contributed by atoms with Gasteiger partial charge in [0.2, 0.25) is 0 Å². The van der Waals surface area contributed by atoms with Crippen LogP contribution in [0.5, 0.6) is 0 Å². The molecule has 2 aromatic heterocycles. The summed E-state index contributed by atoms with van der Waals surface area (Å²) in [7, 11) is 0. The minimum atomic E-state index is -1.14. The molecule has 0 aromatic carbocycles. The number of carbonyl (C=O) groups excluding carboxylic acids is 1. The molecule has 24 heavy (non-hydrogen) atoms. The van der Waals surface area contributed by atoms with E-state index in [9.17, 15) is 15.0 Å². The number of aliphatic hydroxyl groups excluding tert-OH is 2. The maximum absolute atomic E-state index is 10.7. The third kappa shape index (κ3) is 3.12. The fourth-order valence-electron chi connectivity index (χ4n) is 2.42. The Morgan fingerprint density at radius 2 is 2.17 bits per heavy atom. The van der Waals surface area contributed by atoms with Crippen molar-refractivity contribution in [3.8, 4) is 0 Å². The molecule has 0 aliphatic carbocycles. The van der Waals surface area contributed by atoms with E-state index < -0.39 is 30.4 Å². The summed E-state index contributed by atoms with van der Waals surface area (Å²) in [5.41, 5.74) is 11.6. The number of imidazole rings is 1. The van der Waals surface area contributed by atoms with E-state index in [1.165, 1.54) is 23.3 Å². The standard InChI is InChI=1S/C13H16N6O4Se/c14-7(20)1-2-24-3-6-9(21)10(22)13(23-6)19-5-18-8-11(15)16-4-17-12(8)19/h1-2,4-6,9-10,13,21-22H,3H2,(H2,14,20)(H2,15,16,17)/b2-1+/t6-,9-,10-,13-/m1/s1. The number of carbonyl (C=O) groups is 1. The van der Waals surface area contributed by atoms with Crippen molar-refractivity contribution in [1.29, 1.82) is 0 Å². The van der Waals surface area contributed by atoms with Crippen molar-refractivity contribution < 1.29 is 19.7 Å². The van der Waals surface area contributed by atoms with Crippen molar-refractivity contribution in [2.24, 2.45) is 5.73 Å². The molecule has 6 N–H and O–H groups in total. The first-order valence-electron chi connectivity index (χ1n) is 7.01. The van der Waals surface area contributed by atoms with Crippen LogP contribution in [0.4, 0.5) is 5.82 Å². The molecule has 0 spiro atoms. The third-order valence-corrected chi connectivity index (χ3v) is 5.37. The van der Waals surface area contributed by atoms with Crippen molar-refractivity contribution in [2.45, 2.75) is 29.9 Å². The van der Waals surface area contributed by atoms with Crippen molar-refractivity contribution in [3.63, 3.8) is 0 Å². The van der Waals surface area contributed by atoms with Crippen molar-refractivity contribution in [3.05, 3.63) is 23.7 Å². The second kappa shape index (κ2) is 6.83. The van der Waals surface area contributed by atoms with Crippen LogP contribution in [-0.2, 0) is 9.53 Å². The summed E-state index contributed by atoms with van der Waals surface area (Å²) in [6, 6.07) is 0. The number of ether oxygens (including phenoxy) is 1. The van der Waals surface area contributed by atoms with Crippen molar-refractivity contribution in [2.75, 3.05) is 5.73 Å². The average molecular weight is 399 g/mol. The van der Waals surface area contributed by atoms with Gasteiger partial charge in [-0.25, -0.2) is 0 Å². The minimum absolute atomic E-state index is 0.0983. The Morgan fingerprint density at radius 1 is 1.38 bits per heavy atom. The molecule has 1 fully saturated rings. The normalized spacial score (nSPS) is 27.2. The summed E-state index contributed by atoms with van der Waals surface area (Å²) >= 11 is -0.0983. The molecule has 0 saturated carbocycles. The molecule has 3 heterocycles. The fourth-order valence-corrected chi connectivity index (χ4v) is 4.11. The maximum atomic E-state index is 10.7. The van der Waals surface area contributed by atoms with E-state index in [2.05, 4.69) is 15.0 Å². The third-order valence-electron chi connectivity index (χ3n) is 3.59. The van der Waals surface area contributed by atoms with Gasteiger partial charge in [0.25, 0.3) is 0 Å². The summed E-state index contributed by atoms with van der Waals surface area (Å²) in [5.74, 6) is -0.298. The van der Waals surface area contributed by atoms with Gasteiger partial charge in [0.15, 0.2) is 0 Å². The van der Waals surface area contributed by atoms with Gasteiger partial charge in [0.05, 0.1) is 0 Å². The molecule has 0 bridgehead atoms. The SMILES string of the molecule is NC(=O)/C=C/[Se]C[C@H]1O[C@@H](n2cnc3c(N)ncnc32)[C@H](O)[C@@H]1O. The van der Waals surface area contributed by atoms with Gasteiger partial charge >= 0.3 is 142 Å². The zero-order valence-electron chi connectivity index (χ0n) is 12.4. The number of rotatable bonds is 5. The van der Waals surface area contributed by atoms with Crippen LogP contribution < -0.4 is 11.5 Å². The van der Waals surface area contributed by atoms with Gasteiger partial charge in [-0.15, -0.1) is 0 Å². The van der Waals surface area contributed by atoms with Crippen LogP contribution in [0.3, 0.4) is 0 Å². The van der Waals surface area contributed by atoms with E-state index in [0.717, 1.165) is 0 Å². The van der Waals surface area contributed by atoms with Gasteiger partial charge < -0.3 is 0 Å². The first-order chi connectivity index (χ1) is 11.5. The Kier molecular flexibility index (Phi) is 4.78. The Labute approximate surface area is 142 Å². The van der Waals surface area contributed by atoms with E-state index in [0.29, 0.717) is 16.5 Å². The second-order valence-electron chi connectivity index (χ2n) is 5.17. The van der Waals surface area contributed by atoms with Crippen LogP contribution in [0.1, 0.15) is 6.23 Å². The van der Waals surface area contributed by atoms with E-state index in [1.807, 2.05) is 0 Å². The molecule has 11 heteroatoms. The zero-order chi connectivity index (χ0) is 17.3. The van der Waals surface area contributed by atoms with Gasteiger partial charge in [0, 0.05) is 0 Å². The van der Waals surface area contributed by atoms with E-state index in [1.54, 1.807) is 4.97 Å². The molecule has 128 valence electrons. The molecule has 3 rings (SSSR count). The monoisotopic (exact) mass is 400 g/mol. The molecule has 10 nitrogen and oxygen atoms in total. The number of hydrogen-bond acceptors (Lipinski definition) is 8. The van der Waals surface area contributed by atoms with Gasteiger partial charge in [-0.1, -0.05) is 0 Å². The molecule has 0 radical (unpaired) electrons. The fraction of sp³-hybridized carbons (Fsp3) is 0.385. The van der Waals surface area contributed by atoms with Crippen LogP contribution in [0.25, 0.3) is 11.2 Å². The number of nitrogens with zero attached hydrogens (tertiary/aromatic N) is 4. The molecule has 1 amide bonds. The van der Waals surface area contributed by atoms with Gasteiger partial charge in [0.1, 0.15) is 0 Å². The van der Waals surface area contributed by atoms with E-state index >= 15 is 0 Å². The van der Waals surface area contributed by atoms with Crippen LogP contribution >= 0.6 is 0 Å². The number of hydrogen-bond donors (Lipinski definition) is 4. The van der Waals surface area contributed by atoms with Gasteiger partial charge in [-0.2, -0.15) is 0 Å². The predicted molar refractivity (Wildman–Crippen MR) is 84.6 cm³/mol. The summed E-state index contributed by atoms with van der Waals surface area (Å²) in [6.07, 6.45) is 0.409. The number of nitrogens with two attached hydrogens (primary N) is 2. The van der Waals surface area contributed by atoms with Crippen molar-refractivity contribution >= 4 is 37.8 Å². The molecule has 0 unspecified atom stereocenters. The number of amides is 1. The number of primary amides is 1. The number of anilines is 1. The van der Waals surface area contributed by atoms with E-state index in [4.69, 9.17) is 16.2 Å². The zero-order valence-corrected chi connectivity index (χ0v) is 14.1. The number of aromatic nitrogens is 4. The summed E-state index contributed by atoms with van der Waals surface area (Å²) in [6.45, 7) is 0. The number of aliphatic hydroxyl groups is 2. The molecule has 1 aliphatic rings. The number of fused-ring (bicyclic) bond motifs is 1. The summed E-state index contributed by atoms with van der Waals surface area (Å²) in [4.78, 5) is 24.4. The molecule has 4 atom stereocenters. The molecule has 1 saturated heterocycles. The Bertz CT molecular complexity index is 781. The van der Waals surface area contributed by atoms with Crippen LogP contribution in [0.15, 0.2) is 23.7 Å². The summed E-state index contributed by atoms with van der Waals surface area (Å²) in [5, 5.41) is 21.0. The first-order valence-corrected chi connectivity index (χ1v) is 9.21. The topological polar surface area (TPSA) is 162 Å². The number of nitrogen functional groups attached to an aromatic ring is 1. The van der Waals surface area contributed by atoms with Crippen LogP contribution in [0, 0.1) is 0 Å². The average Bonchev–Trinajstić information content (AvgIpc) is 3.08. The molecule has 2 aromatic rings. The van der Waals surface area contributed by atoms with Gasteiger partial charge in [-0.05, 0) is 0 Å². The summed E-state index contributed by atoms with van der Waals surface area (Å²) < 4.78 is 7.29. The van der Waals surface area contributed by atoms with Crippen LogP contribution in [0.2, 0.25) is 5.32 Å². The molecular weight excluding hydrogens is 383 g/mol. The van der Waals surface area contributed by atoms with Gasteiger partial charge in [-0.3, -0.25) is 0 Å². The quantitative estimate of drug-likeness (QED) is 0.336. The molecular formula is C13H16N6O4Se. The first kappa shape index (κ1) is 16.8. The van der Waals surface area contributed by atoms with Crippen LogP contribution in [-0.4, -0.2) is 68.9 Å². The molecule has 1 aliphatic heterocycles. The second-order valence-corrected chi connectivity index (χ2v) is 7.14. The van der Waals surface area contributed by atoms with E-state index in [-0.39, 0.29) is 20.8 Å². The Balaban J connectivity index is 1.77. The Morgan fingerprint density at radius 3 is 2.92 bits per heavy atom.